The normalized spacial score (nSPS) is 11.4. The van der Waals surface area contributed by atoms with Crippen LogP contribution in [0.1, 0.15) is 12.5 Å². The van der Waals surface area contributed by atoms with Crippen LogP contribution in [-0.4, -0.2) is 6.04 Å². The number of nitrogen functional groups attached to an aromatic ring is 1. The van der Waals surface area contributed by atoms with Crippen molar-refractivity contribution < 1.29 is 0 Å². The number of benzene rings is 1. The molecule has 0 aliphatic heterocycles. The van der Waals surface area contributed by atoms with Crippen LogP contribution in [0.3, 0.4) is 0 Å². The number of nitriles is 1. The summed E-state index contributed by atoms with van der Waals surface area (Å²) in [5.74, 6) is 0. The average Bonchev–Trinajstić information content (AvgIpc) is 2.21. The molecule has 1 atom stereocenters. The van der Waals surface area contributed by atoms with Crippen molar-refractivity contribution >= 4 is 11.4 Å². The molecule has 72 valence electrons. The van der Waals surface area contributed by atoms with Gasteiger partial charge in [-0.05, 0) is 25.1 Å². The largest absolute Gasteiger partial charge is 0.397 e. The Bertz CT molecular complexity index is 377. The summed E-state index contributed by atoms with van der Waals surface area (Å²) in [6, 6.07) is 7.34. The van der Waals surface area contributed by atoms with Gasteiger partial charge in [-0.15, -0.1) is 6.58 Å². The van der Waals surface area contributed by atoms with Gasteiger partial charge >= 0.3 is 0 Å². The molecule has 0 bridgehead atoms. The Kier molecular flexibility index (Phi) is 3.14. The molecule has 0 radical (unpaired) electrons. The molecule has 0 aromatic heterocycles. The lowest BCUT2D eigenvalue weighted by molar-refractivity contribution is 1.00. The molecule has 0 spiro atoms. The minimum atomic E-state index is 0.131. The van der Waals surface area contributed by atoms with Gasteiger partial charge in [-0.2, -0.15) is 5.26 Å². The van der Waals surface area contributed by atoms with E-state index in [1.807, 2.05) is 6.92 Å². The lowest BCUT2D eigenvalue weighted by Crippen LogP contribution is -2.12. The van der Waals surface area contributed by atoms with Gasteiger partial charge in [-0.25, -0.2) is 0 Å². The van der Waals surface area contributed by atoms with Crippen LogP contribution in [0, 0.1) is 11.3 Å². The highest BCUT2D eigenvalue weighted by Gasteiger charge is 2.02. The molecule has 0 fully saturated rings. The van der Waals surface area contributed by atoms with Crippen molar-refractivity contribution in [3.8, 4) is 6.07 Å². The van der Waals surface area contributed by atoms with Crippen LogP contribution < -0.4 is 11.1 Å². The summed E-state index contributed by atoms with van der Waals surface area (Å²) in [6.45, 7) is 5.62. The second-order valence-corrected chi connectivity index (χ2v) is 3.08. The second-order valence-electron chi connectivity index (χ2n) is 3.08. The lowest BCUT2D eigenvalue weighted by Gasteiger charge is -2.13. The Morgan fingerprint density at radius 3 is 2.93 bits per heavy atom. The summed E-state index contributed by atoms with van der Waals surface area (Å²) in [7, 11) is 0. The molecule has 0 saturated carbocycles. The summed E-state index contributed by atoms with van der Waals surface area (Å²) in [4.78, 5) is 0. The van der Waals surface area contributed by atoms with Gasteiger partial charge in [0.15, 0.2) is 0 Å². The van der Waals surface area contributed by atoms with Crippen LogP contribution in [0.25, 0.3) is 0 Å². The highest BCUT2D eigenvalue weighted by molar-refractivity contribution is 5.68. The summed E-state index contributed by atoms with van der Waals surface area (Å²) < 4.78 is 0. The molecule has 1 rings (SSSR count). The van der Waals surface area contributed by atoms with E-state index >= 15 is 0 Å². The molecule has 3 heteroatoms. The lowest BCUT2D eigenvalue weighted by atomic mass is 10.1. The van der Waals surface area contributed by atoms with Crippen LogP contribution >= 0.6 is 0 Å². The standard InChI is InChI=1S/C11H13N3/c1-3-8(2)14-11-6-9(7-12)4-5-10(11)13/h3-6,8,14H,1,13H2,2H3. The Morgan fingerprint density at radius 1 is 1.64 bits per heavy atom. The summed E-state index contributed by atoms with van der Waals surface area (Å²) >= 11 is 0. The maximum absolute atomic E-state index is 8.71. The minimum Gasteiger partial charge on any atom is -0.397 e. The molecule has 14 heavy (non-hydrogen) atoms. The molecule has 0 aliphatic carbocycles. The second kappa shape index (κ2) is 4.33. The van der Waals surface area contributed by atoms with Gasteiger partial charge in [0.1, 0.15) is 0 Å². The van der Waals surface area contributed by atoms with Crippen molar-refractivity contribution in [2.45, 2.75) is 13.0 Å². The van der Waals surface area contributed by atoms with E-state index in [1.54, 1.807) is 24.3 Å². The van der Waals surface area contributed by atoms with E-state index in [0.29, 0.717) is 11.3 Å². The van der Waals surface area contributed by atoms with Crippen molar-refractivity contribution in [3.63, 3.8) is 0 Å². The van der Waals surface area contributed by atoms with Crippen molar-refractivity contribution in [2.24, 2.45) is 0 Å². The molecular formula is C11H13N3. The number of nitrogens with one attached hydrogen (secondary N) is 1. The molecule has 3 nitrogen and oxygen atoms in total. The van der Waals surface area contributed by atoms with Gasteiger partial charge in [-0.3, -0.25) is 0 Å². The number of hydrogen-bond donors (Lipinski definition) is 2. The average molecular weight is 187 g/mol. The zero-order valence-corrected chi connectivity index (χ0v) is 8.12. The highest BCUT2D eigenvalue weighted by Crippen LogP contribution is 2.20. The molecule has 0 heterocycles. The van der Waals surface area contributed by atoms with Gasteiger partial charge in [0, 0.05) is 6.04 Å². The van der Waals surface area contributed by atoms with Crippen molar-refractivity contribution in [2.75, 3.05) is 11.1 Å². The number of hydrogen-bond acceptors (Lipinski definition) is 3. The summed E-state index contributed by atoms with van der Waals surface area (Å²) in [6.07, 6.45) is 1.78. The van der Waals surface area contributed by atoms with E-state index in [-0.39, 0.29) is 6.04 Å². The predicted molar refractivity (Wildman–Crippen MR) is 58.9 cm³/mol. The third-order valence-corrected chi connectivity index (χ3v) is 1.92. The van der Waals surface area contributed by atoms with E-state index < -0.39 is 0 Å². The minimum absolute atomic E-state index is 0.131. The van der Waals surface area contributed by atoms with Crippen molar-refractivity contribution in [3.05, 3.63) is 36.4 Å². The molecule has 0 saturated heterocycles. The number of nitrogens with two attached hydrogens (primary N) is 1. The van der Waals surface area contributed by atoms with Crippen molar-refractivity contribution in [1.29, 1.82) is 5.26 Å². The van der Waals surface area contributed by atoms with Crippen LogP contribution in [0.4, 0.5) is 11.4 Å². The maximum Gasteiger partial charge on any atom is 0.0992 e. The monoisotopic (exact) mass is 187 g/mol. The third-order valence-electron chi connectivity index (χ3n) is 1.92. The molecule has 0 amide bonds. The van der Waals surface area contributed by atoms with E-state index in [2.05, 4.69) is 18.0 Å². The van der Waals surface area contributed by atoms with Gasteiger partial charge < -0.3 is 11.1 Å². The summed E-state index contributed by atoms with van der Waals surface area (Å²) in [5.41, 5.74) is 7.75. The molecule has 1 aromatic rings. The first-order valence-electron chi connectivity index (χ1n) is 4.36. The van der Waals surface area contributed by atoms with Crippen molar-refractivity contribution in [1.82, 2.24) is 0 Å². The van der Waals surface area contributed by atoms with Gasteiger partial charge in [0.2, 0.25) is 0 Å². The third kappa shape index (κ3) is 2.27. The maximum atomic E-state index is 8.71. The fourth-order valence-corrected chi connectivity index (χ4v) is 1.06. The topological polar surface area (TPSA) is 61.8 Å². The predicted octanol–water partition coefficient (Wildman–Crippen LogP) is 2.13. The van der Waals surface area contributed by atoms with Crippen LogP contribution in [0.5, 0.6) is 0 Å². The smallest absolute Gasteiger partial charge is 0.0992 e. The Balaban J connectivity index is 2.96. The highest BCUT2D eigenvalue weighted by atomic mass is 14.9. The molecule has 0 aliphatic rings. The zero-order chi connectivity index (χ0) is 10.6. The Hall–Kier alpha value is -1.95. The van der Waals surface area contributed by atoms with E-state index in [4.69, 9.17) is 11.0 Å². The van der Waals surface area contributed by atoms with E-state index in [9.17, 15) is 0 Å². The zero-order valence-electron chi connectivity index (χ0n) is 8.12. The quantitative estimate of drug-likeness (QED) is 0.563. The Morgan fingerprint density at radius 2 is 2.36 bits per heavy atom. The van der Waals surface area contributed by atoms with Gasteiger partial charge in [0.25, 0.3) is 0 Å². The van der Waals surface area contributed by atoms with Gasteiger partial charge in [0.05, 0.1) is 23.0 Å². The fraction of sp³-hybridized carbons (Fsp3) is 0.182. The number of nitrogens with zero attached hydrogens (tertiary/aromatic N) is 1. The van der Waals surface area contributed by atoms with E-state index in [0.717, 1.165) is 5.69 Å². The molecule has 1 aromatic carbocycles. The SMILES string of the molecule is C=CC(C)Nc1cc(C#N)ccc1N. The molecule has 1 unspecified atom stereocenters. The first kappa shape index (κ1) is 10.1. The van der Waals surface area contributed by atoms with Gasteiger partial charge in [-0.1, -0.05) is 6.08 Å². The fourth-order valence-electron chi connectivity index (χ4n) is 1.06. The Labute approximate surface area is 83.8 Å². The number of anilines is 2. The first-order chi connectivity index (χ1) is 6.67. The molecular weight excluding hydrogens is 174 g/mol. The first-order valence-corrected chi connectivity index (χ1v) is 4.36. The molecule has 3 N–H and O–H groups in total. The van der Waals surface area contributed by atoms with Crippen LogP contribution in [-0.2, 0) is 0 Å². The summed E-state index contributed by atoms with van der Waals surface area (Å²) in [5, 5.41) is 11.8. The van der Waals surface area contributed by atoms with E-state index in [1.165, 1.54) is 0 Å². The van der Waals surface area contributed by atoms with Crippen LogP contribution in [0.15, 0.2) is 30.9 Å². The number of rotatable bonds is 3. The van der Waals surface area contributed by atoms with Crippen LogP contribution in [0.2, 0.25) is 0 Å².